The number of nitrogens with one attached hydrogen (secondary N) is 1. The van der Waals surface area contributed by atoms with Gasteiger partial charge in [-0.15, -0.1) is 0 Å². The number of hydrogen-bond donors (Lipinski definition) is 3. The lowest BCUT2D eigenvalue weighted by Crippen LogP contribution is -2.50. The molecule has 1 aromatic rings. The third-order valence-electron chi connectivity index (χ3n) is 2.52. The van der Waals surface area contributed by atoms with Crippen LogP contribution in [-0.2, 0) is 0 Å². The van der Waals surface area contributed by atoms with Gasteiger partial charge in [-0.1, -0.05) is 0 Å². The molecular formula is C10H13FN2O2. The highest BCUT2D eigenvalue weighted by Gasteiger charge is 2.30. The Bertz CT molecular complexity index is 372. The Morgan fingerprint density at radius 1 is 1.47 bits per heavy atom. The fraction of sp³-hybridized carbons (Fsp3) is 0.400. The second-order valence-electron chi connectivity index (χ2n) is 3.45. The van der Waals surface area contributed by atoms with E-state index in [9.17, 15) is 14.6 Å². The molecule has 0 amide bonds. The van der Waals surface area contributed by atoms with Gasteiger partial charge in [-0.05, 0) is 25.1 Å². The topological polar surface area (TPSA) is 55.7 Å². The van der Waals surface area contributed by atoms with Gasteiger partial charge in [-0.25, -0.2) is 4.39 Å². The molecular weight excluding hydrogens is 199 g/mol. The van der Waals surface area contributed by atoms with Crippen LogP contribution in [0.2, 0.25) is 0 Å². The van der Waals surface area contributed by atoms with Crippen molar-refractivity contribution >= 4 is 11.4 Å². The SMILES string of the molecule is CCN1c2cc(F)ccc2NC(O)C1O. The van der Waals surface area contributed by atoms with E-state index >= 15 is 0 Å². The van der Waals surface area contributed by atoms with Gasteiger partial charge in [0.25, 0.3) is 0 Å². The summed E-state index contributed by atoms with van der Waals surface area (Å²) in [5, 5.41) is 21.9. The lowest BCUT2D eigenvalue weighted by atomic mass is 10.1. The van der Waals surface area contributed by atoms with Crippen LogP contribution < -0.4 is 10.2 Å². The van der Waals surface area contributed by atoms with Crippen molar-refractivity contribution in [1.29, 1.82) is 0 Å². The maximum Gasteiger partial charge on any atom is 0.172 e. The van der Waals surface area contributed by atoms with Crippen molar-refractivity contribution in [1.82, 2.24) is 0 Å². The van der Waals surface area contributed by atoms with Crippen LogP contribution >= 0.6 is 0 Å². The van der Waals surface area contributed by atoms with Gasteiger partial charge >= 0.3 is 0 Å². The number of halogens is 1. The number of aliphatic hydroxyl groups is 2. The van der Waals surface area contributed by atoms with Crippen LogP contribution in [0.3, 0.4) is 0 Å². The van der Waals surface area contributed by atoms with E-state index in [4.69, 9.17) is 0 Å². The van der Waals surface area contributed by atoms with Gasteiger partial charge in [0, 0.05) is 6.54 Å². The summed E-state index contributed by atoms with van der Waals surface area (Å²) in [6.45, 7) is 2.33. The van der Waals surface area contributed by atoms with Crippen molar-refractivity contribution < 1.29 is 14.6 Å². The zero-order valence-electron chi connectivity index (χ0n) is 8.31. The largest absolute Gasteiger partial charge is 0.369 e. The number of aliphatic hydroxyl groups excluding tert-OH is 2. The highest BCUT2D eigenvalue weighted by Crippen LogP contribution is 2.32. The Morgan fingerprint density at radius 2 is 2.20 bits per heavy atom. The van der Waals surface area contributed by atoms with Crippen molar-refractivity contribution in [3.63, 3.8) is 0 Å². The molecule has 0 radical (unpaired) electrons. The van der Waals surface area contributed by atoms with Crippen LogP contribution in [0.25, 0.3) is 0 Å². The summed E-state index contributed by atoms with van der Waals surface area (Å²) in [7, 11) is 0. The zero-order chi connectivity index (χ0) is 11.0. The lowest BCUT2D eigenvalue weighted by molar-refractivity contribution is 0.0319. The van der Waals surface area contributed by atoms with Crippen molar-refractivity contribution in [3.05, 3.63) is 24.0 Å². The first-order valence-electron chi connectivity index (χ1n) is 4.82. The summed E-state index contributed by atoms with van der Waals surface area (Å²) in [4.78, 5) is 1.54. The van der Waals surface area contributed by atoms with E-state index in [-0.39, 0.29) is 5.82 Å². The average Bonchev–Trinajstić information content (AvgIpc) is 2.21. The molecule has 3 N–H and O–H groups in total. The summed E-state index contributed by atoms with van der Waals surface area (Å²) in [5.74, 6) is -0.363. The summed E-state index contributed by atoms with van der Waals surface area (Å²) in [6.07, 6.45) is -2.10. The van der Waals surface area contributed by atoms with Crippen LogP contribution in [-0.4, -0.2) is 29.2 Å². The molecule has 1 aromatic carbocycles. The molecule has 0 spiro atoms. The zero-order valence-corrected chi connectivity index (χ0v) is 8.31. The number of rotatable bonds is 1. The highest BCUT2D eigenvalue weighted by molar-refractivity contribution is 5.72. The minimum atomic E-state index is -1.05. The molecule has 82 valence electrons. The molecule has 1 aliphatic heterocycles. The molecule has 1 heterocycles. The molecule has 2 unspecified atom stereocenters. The summed E-state index contributed by atoms with van der Waals surface area (Å²) >= 11 is 0. The molecule has 0 aromatic heterocycles. The average molecular weight is 212 g/mol. The van der Waals surface area contributed by atoms with Crippen LogP contribution in [0.4, 0.5) is 15.8 Å². The second kappa shape index (κ2) is 3.67. The van der Waals surface area contributed by atoms with Crippen LogP contribution in [0.15, 0.2) is 18.2 Å². The normalized spacial score (nSPS) is 24.7. The number of fused-ring (bicyclic) bond motifs is 1. The molecule has 2 rings (SSSR count). The molecule has 0 saturated heterocycles. The molecule has 4 nitrogen and oxygen atoms in total. The quantitative estimate of drug-likeness (QED) is 0.642. The Labute approximate surface area is 86.9 Å². The van der Waals surface area contributed by atoms with Gasteiger partial charge in [-0.3, -0.25) is 0 Å². The van der Waals surface area contributed by atoms with Crippen LogP contribution in [0.1, 0.15) is 6.92 Å². The highest BCUT2D eigenvalue weighted by atomic mass is 19.1. The Morgan fingerprint density at radius 3 is 2.87 bits per heavy atom. The predicted octanol–water partition coefficient (Wildman–Crippen LogP) is 0.714. The predicted molar refractivity (Wildman–Crippen MR) is 55.1 cm³/mol. The standard InChI is InChI=1S/C10H13FN2O2/c1-2-13-8-5-6(11)3-4-7(8)12-9(14)10(13)15/h3-5,9-10,12,14-15H,2H2,1H3. The number of benzene rings is 1. The number of nitrogens with zero attached hydrogens (tertiary/aromatic N) is 1. The first-order chi connectivity index (χ1) is 7.13. The summed E-state index contributed by atoms with van der Waals surface area (Å²) in [6, 6.07) is 4.19. The van der Waals surface area contributed by atoms with Gasteiger partial charge in [0.2, 0.25) is 0 Å². The summed E-state index contributed by atoms with van der Waals surface area (Å²) < 4.78 is 13.0. The second-order valence-corrected chi connectivity index (χ2v) is 3.45. The van der Waals surface area contributed by atoms with E-state index in [0.717, 1.165) is 0 Å². The van der Waals surface area contributed by atoms with Crippen molar-refractivity contribution in [2.75, 3.05) is 16.8 Å². The molecule has 0 fully saturated rings. The molecule has 0 aliphatic carbocycles. The first-order valence-corrected chi connectivity index (χ1v) is 4.82. The minimum Gasteiger partial charge on any atom is -0.369 e. The first kappa shape index (κ1) is 10.2. The third-order valence-corrected chi connectivity index (χ3v) is 2.52. The molecule has 2 atom stereocenters. The van der Waals surface area contributed by atoms with Gasteiger partial charge in [-0.2, -0.15) is 0 Å². The van der Waals surface area contributed by atoms with Crippen molar-refractivity contribution in [2.45, 2.75) is 19.4 Å². The lowest BCUT2D eigenvalue weighted by Gasteiger charge is -2.38. The van der Waals surface area contributed by atoms with E-state index in [1.54, 1.807) is 11.0 Å². The molecule has 5 heteroatoms. The number of anilines is 2. The van der Waals surface area contributed by atoms with Crippen LogP contribution in [0.5, 0.6) is 0 Å². The van der Waals surface area contributed by atoms with Gasteiger partial charge < -0.3 is 20.4 Å². The smallest absolute Gasteiger partial charge is 0.172 e. The van der Waals surface area contributed by atoms with E-state index < -0.39 is 12.5 Å². The molecule has 0 bridgehead atoms. The minimum absolute atomic E-state index is 0.363. The van der Waals surface area contributed by atoms with E-state index in [1.165, 1.54) is 12.1 Å². The van der Waals surface area contributed by atoms with Crippen molar-refractivity contribution in [3.8, 4) is 0 Å². The molecule has 15 heavy (non-hydrogen) atoms. The van der Waals surface area contributed by atoms with Gasteiger partial charge in [0.1, 0.15) is 5.82 Å². The van der Waals surface area contributed by atoms with E-state index in [0.29, 0.717) is 17.9 Å². The number of hydrogen-bond acceptors (Lipinski definition) is 4. The van der Waals surface area contributed by atoms with Gasteiger partial charge in [0.05, 0.1) is 11.4 Å². The van der Waals surface area contributed by atoms with E-state index in [1.807, 2.05) is 6.92 Å². The Balaban J connectivity index is 2.46. The Kier molecular flexibility index (Phi) is 2.50. The maximum atomic E-state index is 13.0. The Hall–Kier alpha value is -1.33. The fourth-order valence-electron chi connectivity index (χ4n) is 1.77. The summed E-state index contributed by atoms with van der Waals surface area (Å²) in [5.41, 5.74) is 1.19. The molecule has 1 aliphatic rings. The maximum absolute atomic E-state index is 13.0. The monoisotopic (exact) mass is 212 g/mol. The van der Waals surface area contributed by atoms with Crippen LogP contribution in [0, 0.1) is 5.82 Å². The van der Waals surface area contributed by atoms with Crippen molar-refractivity contribution in [2.24, 2.45) is 0 Å². The van der Waals surface area contributed by atoms with Gasteiger partial charge in [0.15, 0.2) is 12.5 Å². The van der Waals surface area contributed by atoms with E-state index in [2.05, 4.69) is 5.32 Å². The fourth-order valence-corrected chi connectivity index (χ4v) is 1.77. The third kappa shape index (κ3) is 1.64. The number of likely N-dealkylation sites (N-methyl/N-ethyl adjacent to an activating group) is 1. The molecule has 0 saturated carbocycles.